The van der Waals surface area contributed by atoms with Crippen LogP contribution in [0.25, 0.3) is 0 Å². The summed E-state index contributed by atoms with van der Waals surface area (Å²) in [5.74, 6) is 0. The van der Waals surface area contributed by atoms with E-state index in [0.29, 0.717) is 5.02 Å². The molecular weight excluding hydrogens is 203 g/mol. The molecule has 0 saturated carbocycles. The van der Waals surface area contributed by atoms with E-state index in [-0.39, 0.29) is 4.90 Å². The molecule has 1 unspecified atom stereocenters. The molecule has 0 aliphatic carbocycles. The van der Waals surface area contributed by atoms with Gasteiger partial charge in [0, 0.05) is 5.02 Å². The van der Waals surface area contributed by atoms with Gasteiger partial charge >= 0.3 is 0 Å². The van der Waals surface area contributed by atoms with Crippen LogP contribution in [-0.4, -0.2) is 8.42 Å². The molecule has 0 bridgehead atoms. The summed E-state index contributed by atoms with van der Waals surface area (Å²) >= 11 is 5.56. The third-order valence-electron chi connectivity index (χ3n) is 1.14. The lowest BCUT2D eigenvalue weighted by molar-refractivity contribution is 0.610. The minimum absolute atomic E-state index is 0.256. The number of benzene rings is 1. The molecule has 60 valence electrons. The summed E-state index contributed by atoms with van der Waals surface area (Å²) in [7, 11) is -1.39. The van der Waals surface area contributed by atoms with Crippen LogP contribution in [0, 0.1) is 0 Å². The van der Waals surface area contributed by atoms with Gasteiger partial charge in [0.25, 0.3) is 0 Å². The van der Waals surface area contributed by atoms with Crippen LogP contribution >= 0.6 is 20.0 Å². The van der Waals surface area contributed by atoms with E-state index in [1.165, 1.54) is 12.1 Å². The van der Waals surface area contributed by atoms with E-state index >= 15 is 0 Å². The molecule has 0 aromatic heterocycles. The first-order chi connectivity index (χ1) is 5.00. The van der Waals surface area contributed by atoms with Crippen LogP contribution in [0.1, 0.15) is 0 Å². The Morgan fingerprint density at radius 1 is 1.18 bits per heavy atom. The molecule has 1 aromatic rings. The topological polar surface area (TPSA) is 34.1 Å². The Bertz CT molecular complexity index is 343. The molecule has 0 amide bonds. The van der Waals surface area contributed by atoms with Crippen LogP contribution < -0.4 is 0 Å². The van der Waals surface area contributed by atoms with Crippen molar-refractivity contribution >= 4 is 29.5 Å². The van der Waals surface area contributed by atoms with E-state index in [1.807, 2.05) is 0 Å². The molecule has 0 fully saturated rings. The van der Waals surface area contributed by atoms with E-state index in [2.05, 4.69) is 0 Å². The number of hydrogen-bond donors (Lipinski definition) is 0. The van der Waals surface area contributed by atoms with Crippen LogP contribution in [0.15, 0.2) is 29.2 Å². The van der Waals surface area contributed by atoms with E-state index in [1.54, 1.807) is 20.6 Å². The van der Waals surface area contributed by atoms with Crippen LogP contribution in [0.5, 0.6) is 0 Å². The highest BCUT2D eigenvalue weighted by atomic mass is 35.5. The molecule has 2 nitrogen and oxygen atoms in total. The third kappa shape index (κ3) is 2.44. The van der Waals surface area contributed by atoms with Crippen LogP contribution in [0.4, 0.5) is 0 Å². The minimum Gasteiger partial charge on any atom is -0.220 e. The Labute approximate surface area is 72.4 Å². The summed E-state index contributed by atoms with van der Waals surface area (Å²) in [4.78, 5) is 0.256. The van der Waals surface area contributed by atoms with Crippen LogP contribution in [0.2, 0.25) is 5.02 Å². The molecule has 0 N–H and O–H groups in total. The first-order valence-corrected chi connectivity index (χ1v) is 6.12. The number of halogens is 1. The largest absolute Gasteiger partial charge is 0.220 e. The number of hydrogen-bond acceptors (Lipinski definition) is 2. The second-order valence-electron chi connectivity index (χ2n) is 2.00. The van der Waals surface area contributed by atoms with Crippen molar-refractivity contribution in [2.75, 3.05) is 0 Å². The zero-order chi connectivity index (χ0) is 8.48. The fourth-order valence-electron chi connectivity index (χ4n) is 0.624. The summed E-state index contributed by atoms with van der Waals surface area (Å²) in [6.07, 6.45) is 0. The molecule has 0 spiro atoms. The quantitative estimate of drug-likeness (QED) is 0.661. The van der Waals surface area contributed by atoms with Gasteiger partial charge in [-0.15, -0.1) is 0 Å². The van der Waals surface area contributed by atoms with Gasteiger partial charge in [-0.25, -0.2) is 8.42 Å². The highest BCUT2D eigenvalue weighted by molar-refractivity contribution is 8.37. The van der Waals surface area contributed by atoms with Gasteiger partial charge in [0.2, 0.25) is 0 Å². The number of rotatable bonds is 1. The summed E-state index contributed by atoms with van der Waals surface area (Å²) in [6, 6.07) is 6.01. The van der Waals surface area contributed by atoms with Gasteiger partial charge in [-0.05, 0) is 32.7 Å². The molecule has 0 saturated heterocycles. The van der Waals surface area contributed by atoms with E-state index in [0.717, 1.165) is 0 Å². The van der Waals surface area contributed by atoms with Crippen molar-refractivity contribution in [1.29, 1.82) is 0 Å². The van der Waals surface area contributed by atoms with Crippen molar-refractivity contribution in [2.24, 2.45) is 0 Å². The highest BCUT2D eigenvalue weighted by Crippen LogP contribution is 2.18. The van der Waals surface area contributed by atoms with Crippen LogP contribution in [0.3, 0.4) is 0 Å². The van der Waals surface area contributed by atoms with E-state index in [4.69, 9.17) is 11.6 Å². The van der Waals surface area contributed by atoms with Gasteiger partial charge in [0.1, 0.15) is 0 Å². The van der Waals surface area contributed by atoms with Gasteiger partial charge in [-0.3, -0.25) is 0 Å². The van der Waals surface area contributed by atoms with Crippen LogP contribution in [-0.2, 0) is 9.46 Å². The molecule has 11 heavy (non-hydrogen) atoms. The zero-order valence-electron chi connectivity index (χ0n) is 5.49. The molecule has 1 rings (SSSR count). The maximum atomic E-state index is 10.9. The smallest absolute Gasteiger partial charge is 0.189 e. The van der Waals surface area contributed by atoms with E-state index in [9.17, 15) is 8.42 Å². The summed E-state index contributed by atoms with van der Waals surface area (Å²) < 4.78 is 21.7. The summed E-state index contributed by atoms with van der Waals surface area (Å²) in [6.45, 7) is 0. The van der Waals surface area contributed by atoms with Crippen molar-refractivity contribution in [3.05, 3.63) is 29.3 Å². The van der Waals surface area contributed by atoms with E-state index < -0.39 is 9.46 Å². The minimum atomic E-state index is -3.16. The van der Waals surface area contributed by atoms with Gasteiger partial charge in [0.05, 0.1) is 4.90 Å². The fourth-order valence-corrected chi connectivity index (χ4v) is 1.74. The lowest BCUT2D eigenvalue weighted by atomic mass is 10.4. The summed E-state index contributed by atoms with van der Waals surface area (Å²) in [5, 5.41) is 0.530. The van der Waals surface area contributed by atoms with Crippen molar-refractivity contribution in [2.45, 2.75) is 4.90 Å². The average Bonchev–Trinajstić information content (AvgIpc) is 1.86. The fraction of sp³-hybridized carbons (Fsp3) is 0. The van der Waals surface area contributed by atoms with Gasteiger partial charge in [0.15, 0.2) is 9.46 Å². The Balaban J connectivity index is 3.20. The second kappa shape index (κ2) is 3.10. The standard InChI is InChI=1S/C6H6ClO2PS/c7-5-1-3-6(4-2-5)11(8,9)10/h1-4H,10H2. The van der Waals surface area contributed by atoms with Crippen molar-refractivity contribution in [3.8, 4) is 0 Å². The maximum absolute atomic E-state index is 10.9. The second-order valence-corrected chi connectivity index (χ2v) is 5.86. The lowest BCUT2D eigenvalue weighted by Gasteiger charge is -1.95. The average molecular weight is 209 g/mol. The van der Waals surface area contributed by atoms with Crippen molar-refractivity contribution in [1.82, 2.24) is 0 Å². The highest BCUT2D eigenvalue weighted by Gasteiger charge is 2.04. The SMILES string of the molecule is O=S(=O)(P)c1ccc(Cl)cc1. The molecule has 5 heteroatoms. The van der Waals surface area contributed by atoms with Gasteiger partial charge in [-0.2, -0.15) is 0 Å². The Hall–Kier alpha value is -0.110. The van der Waals surface area contributed by atoms with Gasteiger partial charge < -0.3 is 0 Å². The Morgan fingerprint density at radius 2 is 1.64 bits per heavy atom. The molecule has 1 atom stereocenters. The summed E-state index contributed by atoms with van der Waals surface area (Å²) in [5.41, 5.74) is 0. The molecule has 0 heterocycles. The molecule has 0 aliphatic rings. The van der Waals surface area contributed by atoms with Crippen molar-refractivity contribution in [3.63, 3.8) is 0 Å². The zero-order valence-corrected chi connectivity index (χ0v) is 8.22. The molecule has 1 aromatic carbocycles. The monoisotopic (exact) mass is 208 g/mol. The predicted molar refractivity (Wildman–Crippen MR) is 48.3 cm³/mol. The van der Waals surface area contributed by atoms with Gasteiger partial charge in [-0.1, -0.05) is 11.6 Å². The third-order valence-corrected chi connectivity index (χ3v) is 3.14. The molecule has 0 radical (unpaired) electrons. The normalized spacial score (nSPS) is 11.5. The first kappa shape index (κ1) is 8.98. The Morgan fingerprint density at radius 3 is 2.00 bits per heavy atom. The molecule has 0 aliphatic heterocycles. The lowest BCUT2D eigenvalue weighted by Crippen LogP contribution is -1.87. The maximum Gasteiger partial charge on any atom is 0.189 e. The van der Waals surface area contributed by atoms with Crippen molar-refractivity contribution < 1.29 is 8.42 Å². The molecular formula is C6H6ClO2PS. The predicted octanol–water partition coefficient (Wildman–Crippen LogP) is 1.90. The Kier molecular flexibility index (Phi) is 2.53. The first-order valence-electron chi connectivity index (χ1n) is 2.78.